The average molecular weight is 189 g/mol. The van der Waals surface area contributed by atoms with Crippen LogP contribution in [0.25, 0.3) is 0 Å². The molecule has 1 unspecified atom stereocenters. The first-order chi connectivity index (χ1) is 5.65. The smallest absolute Gasteiger partial charge is 0.329 e. The van der Waals surface area contributed by atoms with E-state index in [0.29, 0.717) is 6.54 Å². The van der Waals surface area contributed by atoms with Crippen molar-refractivity contribution in [1.29, 1.82) is 0 Å². The van der Waals surface area contributed by atoms with Gasteiger partial charge < -0.3 is 4.84 Å². The fourth-order valence-corrected chi connectivity index (χ4v) is 1.83. The van der Waals surface area contributed by atoms with Gasteiger partial charge in [-0.25, -0.2) is 0 Å². The van der Waals surface area contributed by atoms with Crippen LogP contribution in [0, 0.1) is 0 Å². The maximum Gasteiger partial charge on any atom is 0.329 e. The Hall–Kier alpha value is -0.710. The van der Waals surface area contributed by atoms with Crippen LogP contribution in [0.3, 0.4) is 0 Å². The summed E-state index contributed by atoms with van der Waals surface area (Å²) in [7, 11) is 0. The molecule has 1 aliphatic heterocycles. The van der Waals surface area contributed by atoms with Crippen molar-refractivity contribution in [2.24, 2.45) is 0 Å². The van der Waals surface area contributed by atoms with Crippen LogP contribution in [-0.2, 0) is 14.4 Å². The van der Waals surface area contributed by atoms with Crippen LogP contribution in [-0.4, -0.2) is 34.5 Å². The Balaban J connectivity index is 2.28. The Morgan fingerprint density at radius 1 is 1.83 bits per heavy atom. The van der Waals surface area contributed by atoms with Gasteiger partial charge in [0.1, 0.15) is 5.25 Å². The van der Waals surface area contributed by atoms with E-state index >= 15 is 0 Å². The van der Waals surface area contributed by atoms with Crippen LogP contribution >= 0.6 is 11.8 Å². The molecule has 0 aromatic heterocycles. The van der Waals surface area contributed by atoms with Gasteiger partial charge >= 0.3 is 5.97 Å². The van der Waals surface area contributed by atoms with Gasteiger partial charge in [0, 0.05) is 6.92 Å². The highest BCUT2D eigenvalue weighted by Crippen LogP contribution is 2.23. The van der Waals surface area contributed by atoms with Crippen molar-refractivity contribution in [3.8, 4) is 0 Å². The minimum Gasteiger partial charge on any atom is -0.338 e. The number of hydroxylamine groups is 2. The summed E-state index contributed by atoms with van der Waals surface area (Å²) in [5, 5.41) is 1.10. The van der Waals surface area contributed by atoms with E-state index in [0.717, 1.165) is 10.8 Å². The van der Waals surface area contributed by atoms with Gasteiger partial charge in [-0.3, -0.25) is 9.59 Å². The second-order valence-corrected chi connectivity index (χ2v) is 3.91. The van der Waals surface area contributed by atoms with E-state index < -0.39 is 5.97 Å². The largest absolute Gasteiger partial charge is 0.338 e. The quantitative estimate of drug-likeness (QED) is 0.604. The first-order valence-corrected chi connectivity index (χ1v) is 4.81. The number of hydrogen-bond donors (Lipinski definition) is 0. The lowest BCUT2D eigenvalue weighted by Gasteiger charge is -2.34. The zero-order chi connectivity index (χ0) is 9.14. The summed E-state index contributed by atoms with van der Waals surface area (Å²) in [6.07, 6.45) is 0. The van der Waals surface area contributed by atoms with Gasteiger partial charge in [0.25, 0.3) is 5.91 Å². The average Bonchev–Trinajstić information content (AvgIpc) is 2.02. The highest BCUT2D eigenvalue weighted by atomic mass is 32.2. The molecule has 1 saturated heterocycles. The predicted octanol–water partition coefficient (Wildman–Crippen LogP) is 0.428. The second-order valence-electron chi connectivity index (χ2n) is 2.43. The van der Waals surface area contributed by atoms with Crippen molar-refractivity contribution in [1.82, 2.24) is 5.06 Å². The molecular weight excluding hydrogens is 178 g/mol. The Labute approximate surface area is 75.2 Å². The molecule has 1 amide bonds. The van der Waals surface area contributed by atoms with Crippen LogP contribution < -0.4 is 0 Å². The number of thioether (sulfide) groups is 1. The lowest BCUT2D eigenvalue weighted by atomic mass is 10.2. The summed E-state index contributed by atoms with van der Waals surface area (Å²) in [4.78, 5) is 26.2. The fraction of sp³-hybridized carbons (Fsp3) is 0.714. The second kappa shape index (κ2) is 3.80. The molecule has 1 heterocycles. The Morgan fingerprint density at radius 3 is 2.92 bits per heavy atom. The van der Waals surface area contributed by atoms with Crippen LogP contribution in [0.1, 0.15) is 13.8 Å². The molecule has 4 nitrogen and oxygen atoms in total. The highest BCUT2D eigenvalue weighted by molar-refractivity contribution is 8.00. The van der Waals surface area contributed by atoms with E-state index in [2.05, 4.69) is 4.84 Å². The fourth-order valence-electron chi connectivity index (χ4n) is 0.929. The van der Waals surface area contributed by atoms with Gasteiger partial charge in [-0.2, -0.15) is 5.06 Å². The lowest BCUT2D eigenvalue weighted by molar-refractivity contribution is -0.209. The summed E-state index contributed by atoms with van der Waals surface area (Å²) in [6, 6.07) is 0. The molecule has 1 rings (SSSR count). The maximum absolute atomic E-state index is 11.1. The van der Waals surface area contributed by atoms with Gasteiger partial charge in [-0.1, -0.05) is 6.92 Å². The Bertz CT molecular complexity index is 207. The molecule has 0 spiro atoms. The van der Waals surface area contributed by atoms with Gasteiger partial charge in [0.05, 0.1) is 6.54 Å². The molecule has 68 valence electrons. The summed E-state index contributed by atoms with van der Waals surface area (Å²) < 4.78 is 0. The topological polar surface area (TPSA) is 46.6 Å². The van der Waals surface area contributed by atoms with E-state index in [-0.39, 0.29) is 11.2 Å². The van der Waals surface area contributed by atoms with E-state index in [1.165, 1.54) is 6.92 Å². The van der Waals surface area contributed by atoms with E-state index in [4.69, 9.17) is 0 Å². The first-order valence-electron chi connectivity index (χ1n) is 3.76. The van der Waals surface area contributed by atoms with Gasteiger partial charge in [0.2, 0.25) is 0 Å². The van der Waals surface area contributed by atoms with E-state index in [9.17, 15) is 9.59 Å². The van der Waals surface area contributed by atoms with Gasteiger partial charge in [-0.05, 0) is 5.75 Å². The molecular formula is C7H11NO3S. The first kappa shape index (κ1) is 9.38. The van der Waals surface area contributed by atoms with Crippen LogP contribution in [0.5, 0.6) is 0 Å². The number of nitrogens with zero attached hydrogens (tertiary/aromatic N) is 1. The van der Waals surface area contributed by atoms with Crippen molar-refractivity contribution >= 4 is 23.6 Å². The molecule has 0 aromatic carbocycles. The highest BCUT2D eigenvalue weighted by Gasteiger charge is 2.39. The SMILES string of the molecule is CCSC1CN(OC(C)=O)C1=O. The van der Waals surface area contributed by atoms with E-state index in [1.54, 1.807) is 11.8 Å². The number of amides is 1. The zero-order valence-electron chi connectivity index (χ0n) is 7.07. The maximum atomic E-state index is 11.1. The van der Waals surface area contributed by atoms with Crippen LogP contribution in [0.15, 0.2) is 0 Å². The molecule has 0 aromatic rings. The minimum absolute atomic E-state index is 0.00523. The van der Waals surface area contributed by atoms with Crippen molar-refractivity contribution in [2.45, 2.75) is 19.1 Å². The molecule has 1 fully saturated rings. The molecule has 0 saturated carbocycles. The molecule has 12 heavy (non-hydrogen) atoms. The number of β-lactam (4-membered cyclic amide) rings is 1. The summed E-state index contributed by atoms with van der Waals surface area (Å²) in [6.45, 7) is 3.80. The molecule has 5 heteroatoms. The third-order valence-electron chi connectivity index (χ3n) is 1.46. The number of hydrogen-bond acceptors (Lipinski definition) is 4. The molecule has 0 aliphatic carbocycles. The summed E-state index contributed by atoms with van der Waals surface area (Å²) in [5.41, 5.74) is 0. The molecule has 0 N–H and O–H groups in total. The molecule has 0 bridgehead atoms. The third kappa shape index (κ3) is 1.91. The Morgan fingerprint density at radius 2 is 2.50 bits per heavy atom. The number of carbonyl (C=O) groups excluding carboxylic acids is 2. The third-order valence-corrected chi connectivity index (χ3v) is 2.55. The predicted molar refractivity (Wildman–Crippen MR) is 45.4 cm³/mol. The van der Waals surface area contributed by atoms with Gasteiger partial charge in [-0.15, -0.1) is 11.8 Å². The normalized spacial score (nSPS) is 22.0. The summed E-state index contributed by atoms with van der Waals surface area (Å²) in [5.74, 6) is 0.366. The number of carbonyl (C=O) groups is 2. The number of rotatable bonds is 3. The zero-order valence-corrected chi connectivity index (χ0v) is 7.89. The van der Waals surface area contributed by atoms with Crippen LogP contribution in [0.4, 0.5) is 0 Å². The van der Waals surface area contributed by atoms with Crippen molar-refractivity contribution in [2.75, 3.05) is 12.3 Å². The van der Waals surface area contributed by atoms with Crippen LogP contribution in [0.2, 0.25) is 0 Å². The van der Waals surface area contributed by atoms with E-state index in [1.807, 2.05) is 6.92 Å². The summed E-state index contributed by atoms with van der Waals surface area (Å²) >= 11 is 1.57. The van der Waals surface area contributed by atoms with Gasteiger partial charge in [0.15, 0.2) is 0 Å². The lowest BCUT2D eigenvalue weighted by Crippen LogP contribution is -2.55. The standard InChI is InChI=1S/C7H11NO3S/c1-3-12-6-4-8(7(6)10)11-5(2)9/h6H,3-4H2,1-2H3. The Kier molecular flexibility index (Phi) is 2.97. The monoisotopic (exact) mass is 189 g/mol. The minimum atomic E-state index is -0.441. The molecule has 1 aliphatic rings. The van der Waals surface area contributed by atoms with Crippen molar-refractivity contribution < 1.29 is 14.4 Å². The molecule has 1 atom stereocenters. The van der Waals surface area contributed by atoms with Crippen molar-refractivity contribution in [3.05, 3.63) is 0 Å². The van der Waals surface area contributed by atoms with Crippen molar-refractivity contribution in [3.63, 3.8) is 0 Å². The molecule has 0 radical (unpaired) electrons.